The summed E-state index contributed by atoms with van der Waals surface area (Å²) >= 11 is 0. The Hall–Kier alpha value is -1.26. The number of rotatable bonds is 1. The lowest BCUT2D eigenvalue weighted by atomic mass is 10.1. The summed E-state index contributed by atoms with van der Waals surface area (Å²) in [5.74, 6) is -1.69. The largest absolute Gasteiger partial charge is 0.505 e. The van der Waals surface area contributed by atoms with Crippen molar-refractivity contribution in [2.75, 3.05) is 0 Å². The highest BCUT2D eigenvalue weighted by molar-refractivity contribution is 5.29. The lowest BCUT2D eigenvalue weighted by Crippen LogP contribution is -2.11. The summed E-state index contributed by atoms with van der Waals surface area (Å²) in [6, 6.07) is 2.56. The number of alkyl halides is 3. The molecule has 0 atom stereocenters. The van der Waals surface area contributed by atoms with Gasteiger partial charge < -0.3 is 5.11 Å². The summed E-state index contributed by atoms with van der Waals surface area (Å²) < 4.78 is 47.8. The zero-order valence-corrected chi connectivity index (χ0v) is 6.40. The van der Waals surface area contributed by atoms with E-state index in [1.54, 1.807) is 0 Å². The Labute approximate surface area is 71.6 Å². The van der Waals surface area contributed by atoms with E-state index >= 15 is 0 Å². The van der Waals surface area contributed by atoms with E-state index in [1.807, 2.05) is 0 Å². The predicted molar refractivity (Wildman–Crippen MR) is 37.8 cm³/mol. The minimum atomic E-state index is -4.34. The molecule has 0 saturated heterocycles. The smallest absolute Gasteiger partial charge is 0.393 e. The highest BCUT2D eigenvalue weighted by Gasteiger charge is 2.27. The van der Waals surface area contributed by atoms with Crippen LogP contribution in [-0.2, 0) is 6.42 Å². The third-order valence-corrected chi connectivity index (χ3v) is 1.42. The lowest BCUT2D eigenvalue weighted by Gasteiger charge is -2.06. The summed E-state index contributed by atoms with van der Waals surface area (Å²) in [4.78, 5) is 0. The molecule has 0 aliphatic rings. The lowest BCUT2D eigenvalue weighted by molar-refractivity contribution is -0.127. The molecular weight excluding hydrogens is 188 g/mol. The average molecular weight is 194 g/mol. The third kappa shape index (κ3) is 2.93. The van der Waals surface area contributed by atoms with Crippen LogP contribution in [-0.4, -0.2) is 11.3 Å². The van der Waals surface area contributed by atoms with Crippen LogP contribution >= 0.6 is 0 Å². The number of hydrogen-bond donors (Lipinski definition) is 1. The van der Waals surface area contributed by atoms with E-state index in [2.05, 4.69) is 0 Å². The first kappa shape index (κ1) is 9.83. The van der Waals surface area contributed by atoms with E-state index in [-0.39, 0.29) is 5.56 Å². The van der Waals surface area contributed by atoms with Crippen LogP contribution in [0.2, 0.25) is 0 Å². The highest BCUT2D eigenvalue weighted by atomic mass is 19.4. The average Bonchev–Trinajstić information content (AvgIpc) is 1.94. The number of phenolic OH excluding ortho intramolecular Hbond substituents is 1. The highest BCUT2D eigenvalue weighted by Crippen LogP contribution is 2.24. The van der Waals surface area contributed by atoms with Crippen molar-refractivity contribution in [3.63, 3.8) is 0 Å². The fraction of sp³-hybridized carbons (Fsp3) is 0.250. The molecule has 1 nitrogen and oxygen atoms in total. The van der Waals surface area contributed by atoms with Crippen LogP contribution in [0, 0.1) is 5.82 Å². The van der Waals surface area contributed by atoms with Crippen molar-refractivity contribution in [2.24, 2.45) is 0 Å². The van der Waals surface area contributed by atoms with Crippen molar-refractivity contribution < 1.29 is 22.7 Å². The van der Waals surface area contributed by atoms with Crippen LogP contribution in [0.3, 0.4) is 0 Å². The van der Waals surface area contributed by atoms with Gasteiger partial charge in [0.2, 0.25) is 0 Å². The molecule has 0 aromatic heterocycles. The van der Waals surface area contributed by atoms with Crippen molar-refractivity contribution in [2.45, 2.75) is 12.6 Å². The molecule has 0 unspecified atom stereocenters. The molecule has 72 valence electrons. The second-order valence-corrected chi connectivity index (χ2v) is 2.58. The van der Waals surface area contributed by atoms with Gasteiger partial charge in [-0.15, -0.1) is 0 Å². The van der Waals surface area contributed by atoms with Gasteiger partial charge in [0, 0.05) is 0 Å². The molecule has 1 aromatic rings. The van der Waals surface area contributed by atoms with Gasteiger partial charge >= 0.3 is 6.18 Å². The minimum absolute atomic E-state index is 0.161. The summed E-state index contributed by atoms with van der Waals surface area (Å²) in [7, 11) is 0. The Morgan fingerprint density at radius 2 is 1.85 bits per heavy atom. The number of aromatic hydroxyl groups is 1. The third-order valence-electron chi connectivity index (χ3n) is 1.42. The van der Waals surface area contributed by atoms with Gasteiger partial charge in [0.05, 0.1) is 6.42 Å². The Morgan fingerprint density at radius 1 is 1.23 bits per heavy atom. The zero-order chi connectivity index (χ0) is 10.1. The normalized spacial score (nSPS) is 11.7. The summed E-state index contributed by atoms with van der Waals surface area (Å²) in [5.41, 5.74) is -0.161. The molecule has 1 aromatic carbocycles. The van der Waals surface area contributed by atoms with Crippen molar-refractivity contribution in [1.29, 1.82) is 0 Å². The van der Waals surface area contributed by atoms with E-state index in [0.717, 1.165) is 18.2 Å². The molecule has 1 rings (SSSR count). The first-order chi connectivity index (χ1) is 5.88. The molecule has 0 amide bonds. The molecule has 0 heterocycles. The van der Waals surface area contributed by atoms with Gasteiger partial charge in [-0.1, -0.05) is 6.07 Å². The van der Waals surface area contributed by atoms with E-state index in [4.69, 9.17) is 5.11 Å². The van der Waals surface area contributed by atoms with E-state index in [9.17, 15) is 17.6 Å². The van der Waals surface area contributed by atoms with Crippen LogP contribution in [0.5, 0.6) is 5.75 Å². The summed E-state index contributed by atoms with van der Waals surface area (Å²) in [6.07, 6.45) is -5.51. The topological polar surface area (TPSA) is 20.2 Å². The van der Waals surface area contributed by atoms with Crippen molar-refractivity contribution >= 4 is 0 Å². The van der Waals surface area contributed by atoms with Crippen LogP contribution in [0.4, 0.5) is 17.6 Å². The maximum absolute atomic E-state index is 12.4. The Kier molecular flexibility index (Phi) is 2.45. The molecule has 0 bridgehead atoms. The van der Waals surface area contributed by atoms with Gasteiger partial charge in [-0.3, -0.25) is 0 Å². The summed E-state index contributed by atoms with van der Waals surface area (Å²) in [5, 5.41) is 8.75. The van der Waals surface area contributed by atoms with Gasteiger partial charge in [-0.05, 0) is 17.7 Å². The maximum atomic E-state index is 12.4. The Balaban J connectivity index is 2.86. The first-order valence-corrected chi connectivity index (χ1v) is 3.42. The number of benzene rings is 1. The molecule has 1 N–H and O–H groups in total. The molecule has 13 heavy (non-hydrogen) atoms. The molecular formula is C8H6F4O. The molecule has 0 fully saturated rings. The van der Waals surface area contributed by atoms with Gasteiger partial charge in [-0.25, -0.2) is 4.39 Å². The number of hydrogen-bond acceptors (Lipinski definition) is 1. The van der Waals surface area contributed by atoms with Gasteiger partial charge in [-0.2, -0.15) is 13.2 Å². The first-order valence-electron chi connectivity index (χ1n) is 3.42. The minimum Gasteiger partial charge on any atom is -0.505 e. The predicted octanol–water partition coefficient (Wildman–Crippen LogP) is 2.64. The molecule has 0 saturated carbocycles. The van der Waals surface area contributed by atoms with Crippen molar-refractivity contribution in [3.05, 3.63) is 29.6 Å². The molecule has 0 aliphatic heterocycles. The second kappa shape index (κ2) is 3.24. The molecule has 5 heteroatoms. The SMILES string of the molecule is Oc1cc(CC(F)(F)F)ccc1F. The van der Waals surface area contributed by atoms with Crippen LogP contribution in [0.15, 0.2) is 18.2 Å². The van der Waals surface area contributed by atoms with Crippen molar-refractivity contribution in [3.8, 4) is 5.75 Å². The van der Waals surface area contributed by atoms with Crippen molar-refractivity contribution in [1.82, 2.24) is 0 Å². The van der Waals surface area contributed by atoms with Crippen LogP contribution < -0.4 is 0 Å². The fourth-order valence-corrected chi connectivity index (χ4v) is 0.900. The zero-order valence-electron chi connectivity index (χ0n) is 6.40. The van der Waals surface area contributed by atoms with Crippen LogP contribution in [0.25, 0.3) is 0 Å². The summed E-state index contributed by atoms with van der Waals surface area (Å²) in [6.45, 7) is 0. The van der Waals surface area contributed by atoms with Crippen LogP contribution in [0.1, 0.15) is 5.56 Å². The van der Waals surface area contributed by atoms with Gasteiger partial charge in [0.25, 0.3) is 0 Å². The van der Waals surface area contributed by atoms with E-state index < -0.39 is 24.2 Å². The standard InChI is InChI=1S/C8H6F4O/c9-6-2-1-5(3-7(6)13)4-8(10,11)12/h1-3,13H,4H2. The Morgan fingerprint density at radius 3 is 2.31 bits per heavy atom. The monoisotopic (exact) mass is 194 g/mol. The number of phenols is 1. The maximum Gasteiger partial charge on any atom is 0.393 e. The second-order valence-electron chi connectivity index (χ2n) is 2.58. The molecule has 0 aliphatic carbocycles. The van der Waals surface area contributed by atoms with E-state index in [1.165, 1.54) is 0 Å². The molecule has 0 radical (unpaired) electrons. The van der Waals surface area contributed by atoms with Gasteiger partial charge in [0.15, 0.2) is 11.6 Å². The Bertz CT molecular complexity index is 306. The molecule has 0 spiro atoms. The quantitative estimate of drug-likeness (QED) is 0.681. The number of halogens is 4. The van der Waals surface area contributed by atoms with Gasteiger partial charge in [0.1, 0.15) is 0 Å². The van der Waals surface area contributed by atoms with E-state index in [0.29, 0.717) is 0 Å². The fourth-order valence-electron chi connectivity index (χ4n) is 0.900.